The van der Waals surface area contributed by atoms with E-state index in [1.807, 2.05) is 6.92 Å². The van der Waals surface area contributed by atoms with E-state index in [0.717, 1.165) is 30.1 Å². The van der Waals surface area contributed by atoms with Crippen molar-refractivity contribution >= 4 is 0 Å². The zero-order valence-corrected chi connectivity index (χ0v) is 12.6. The van der Waals surface area contributed by atoms with Crippen LogP contribution >= 0.6 is 0 Å². The van der Waals surface area contributed by atoms with Crippen molar-refractivity contribution in [1.29, 1.82) is 0 Å². The molecular formula is C17H21N3. The Morgan fingerprint density at radius 1 is 0.950 bits per heavy atom. The average molecular weight is 267 g/mol. The molecule has 1 aliphatic rings. The van der Waals surface area contributed by atoms with Gasteiger partial charge in [-0.1, -0.05) is 17.7 Å². The summed E-state index contributed by atoms with van der Waals surface area (Å²) < 4.78 is 0. The lowest BCUT2D eigenvalue weighted by Crippen LogP contribution is -2.22. The highest BCUT2D eigenvalue weighted by molar-refractivity contribution is 5.68. The van der Waals surface area contributed by atoms with Crippen LogP contribution in [-0.2, 0) is 5.54 Å². The Hall–Kier alpha value is -1.74. The third kappa shape index (κ3) is 2.22. The van der Waals surface area contributed by atoms with Crippen LogP contribution in [0.15, 0.2) is 18.2 Å². The third-order valence-corrected chi connectivity index (χ3v) is 4.02. The van der Waals surface area contributed by atoms with Gasteiger partial charge in [-0.3, -0.25) is 0 Å². The van der Waals surface area contributed by atoms with Crippen LogP contribution in [0.1, 0.15) is 41.1 Å². The quantitative estimate of drug-likeness (QED) is 0.908. The van der Waals surface area contributed by atoms with Crippen LogP contribution in [0.3, 0.4) is 0 Å². The van der Waals surface area contributed by atoms with E-state index >= 15 is 0 Å². The fourth-order valence-electron chi connectivity index (χ4n) is 2.86. The fraction of sp³-hybridized carbons (Fsp3) is 0.412. The van der Waals surface area contributed by atoms with Crippen LogP contribution in [0.25, 0.3) is 11.3 Å². The van der Waals surface area contributed by atoms with Gasteiger partial charge in [-0.05, 0) is 57.7 Å². The summed E-state index contributed by atoms with van der Waals surface area (Å²) in [4.78, 5) is 9.29. The van der Waals surface area contributed by atoms with Gasteiger partial charge in [0, 0.05) is 11.3 Å². The molecule has 0 amide bonds. The van der Waals surface area contributed by atoms with Crippen LogP contribution in [0, 0.1) is 27.7 Å². The summed E-state index contributed by atoms with van der Waals surface area (Å²) in [5, 5.41) is 0. The molecule has 0 bridgehead atoms. The van der Waals surface area contributed by atoms with Gasteiger partial charge in [-0.15, -0.1) is 0 Å². The van der Waals surface area contributed by atoms with Crippen molar-refractivity contribution < 1.29 is 0 Å². The molecule has 1 saturated carbocycles. The number of hydrogen-bond donors (Lipinski definition) is 1. The Morgan fingerprint density at radius 2 is 1.55 bits per heavy atom. The molecule has 0 unspecified atom stereocenters. The zero-order valence-electron chi connectivity index (χ0n) is 12.6. The lowest BCUT2D eigenvalue weighted by molar-refractivity contribution is 0.669. The lowest BCUT2D eigenvalue weighted by Gasteiger charge is -2.14. The fourth-order valence-corrected chi connectivity index (χ4v) is 2.86. The molecule has 2 aromatic rings. The van der Waals surface area contributed by atoms with Crippen molar-refractivity contribution in [3.63, 3.8) is 0 Å². The normalized spacial score (nSPS) is 16.2. The predicted octanol–water partition coefficient (Wildman–Crippen LogP) is 3.33. The molecule has 2 N–H and O–H groups in total. The van der Waals surface area contributed by atoms with Gasteiger partial charge in [0.25, 0.3) is 0 Å². The molecule has 1 aromatic heterocycles. The minimum Gasteiger partial charge on any atom is -0.319 e. The number of hydrogen-bond acceptors (Lipinski definition) is 3. The van der Waals surface area contributed by atoms with Crippen molar-refractivity contribution in [2.24, 2.45) is 5.73 Å². The highest BCUT2D eigenvalue weighted by Crippen LogP contribution is 2.41. The number of aromatic nitrogens is 2. The van der Waals surface area contributed by atoms with E-state index < -0.39 is 0 Å². The summed E-state index contributed by atoms with van der Waals surface area (Å²) in [5.41, 5.74) is 13.0. The van der Waals surface area contributed by atoms with Crippen molar-refractivity contribution in [1.82, 2.24) is 9.97 Å². The molecule has 1 fully saturated rings. The maximum atomic E-state index is 6.26. The second kappa shape index (κ2) is 4.38. The Balaban J connectivity index is 2.18. The summed E-state index contributed by atoms with van der Waals surface area (Å²) in [6, 6.07) is 6.46. The van der Waals surface area contributed by atoms with Crippen molar-refractivity contribution in [3.05, 3.63) is 46.4 Å². The largest absolute Gasteiger partial charge is 0.319 e. The molecule has 0 spiro atoms. The summed E-state index contributed by atoms with van der Waals surface area (Å²) in [6.07, 6.45) is 1.98. The first kappa shape index (κ1) is 13.3. The molecule has 104 valence electrons. The Morgan fingerprint density at radius 3 is 2.10 bits per heavy atom. The minimum atomic E-state index is -0.284. The van der Waals surface area contributed by atoms with Gasteiger partial charge < -0.3 is 5.73 Å². The van der Waals surface area contributed by atoms with Gasteiger partial charge in [0.2, 0.25) is 0 Å². The molecule has 0 radical (unpaired) electrons. The lowest BCUT2D eigenvalue weighted by atomic mass is 9.97. The van der Waals surface area contributed by atoms with Crippen molar-refractivity contribution in [2.45, 2.75) is 46.1 Å². The van der Waals surface area contributed by atoms with Gasteiger partial charge in [0.15, 0.2) is 0 Å². The van der Waals surface area contributed by atoms with E-state index in [1.54, 1.807) is 0 Å². The number of benzene rings is 1. The number of rotatable bonds is 2. The monoisotopic (exact) mass is 267 g/mol. The van der Waals surface area contributed by atoms with E-state index in [9.17, 15) is 0 Å². The standard InChI is InChI=1S/C17H21N3/c1-10-7-11(2)15(12(3)8-10)14-9-13(4)19-16(20-14)17(18)5-6-17/h7-9H,5-6,18H2,1-4H3. The smallest absolute Gasteiger partial charge is 0.149 e. The highest BCUT2D eigenvalue weighted by atomic mass is 15.0. The minimum absolute atomic E-state index is 0.284. The van der Waals surface area contributed by atoms with E-state index in [-0.39, 0.29) is 5.54 Å². The van der Waals surface area contributed by atoms with E-state index in [0.29, 0.717) is 0 Å². The Bertz CT molecular complexity index is 662. The van der Waals surface area contributed by atoms with Crippen molar-refractivity contribution in [3.8, 4) is 11.3 Å². The van der Waals surface area contributed by atoms with Crippen molar-refractivity contribution in [2.75, 3.05) is 0 Å². The second-order valence-corrected chi connectivity index (χ2v) is 6.15. The number of nitrogens with zero attached hydrogens (tertiary/aromatic N) is 2. The van der Waals surface area contributed by atoms with Crippen LogP contribution < -0.4 is 5.73 Å². The first-order valence-electron chi connectivity index (χ1n) is 7.12. The van der Waals surface area contributed by atoms with Gasteiger partial charge in [-0.25, -0.2) is 9.97 Å². The summed E-state index contributed by atoms with van der Waals surface area (Å²) in [7, 11) is 0. The SMILES string of the molecule is Cc1cc(C)c(-c2cc(C)nc(C3(N)CC3)n2)c(C)c1. The third-order valence-electron chi connectivity index (χ3n) is 4.02. The molecule has 20 heavy (non-hydrogen) atoms. The zero-order chi connectivity index (χ0) is 14.5. The molecule has 3 heteroatoms. The molecule has 3 rings (SSSR count). The first-order chi connectivity index (χ1) is 9.39. The molecule has 0 atom stereocenters. The maximum absolute atomic E-state index is 6.26. The number of nitrogens with two attached hydrogens (primary N) is 1. The van der Waals surface area contributed by atoms with Gasteiger partial charge in [0.05, 0.1) is 11.2 Å². The Kier molecular flexibility index (Phi) is 2.91. The molecule has 1 heterocycles. The molecule has 1 aliphatic carbocycles. The second-order valence-electron chi connectivity index (χ2n) is 6.15. The van der Waals surface area contributed by atoms with Crippen LogP contribution in [0.5, 0.6) is 0 Å². The molecular weight excluding hydrogens is 246 g/mol. The Labute approximate surface area is 120 Å². The highest BCUT2D eigenvalue weighted by Gasteiger charge is 2.43. The van der Waals surface area contributed by atoms with E-state index in [1.165, 1.54) is 22.3 Å². The topological polar surface area (TPSA) is 51.8 Å². The predicted molar refractivity (Wildman–Crippen MR) is 81.5 cm³/mol. The molecule has 0 saturated heterocycles. The molecule has 0 aliphatic heterocycles. The van der Waals surface area contributed by atoms with Crippen LogP contribution in [-0.4, -0.2) is 9.97 Å². The average Bonchev–Trinajstić information content (AvgIpc) is 3.06. The van der Waals surface area contributed by atoms with E-state index in [4.69, 9.17) is 10.7 Å². The van der Waals surface area contributed by atoms with Gasteiger partial charge in [0.1, 0.15) is 5.82 Å². The first-order valence-corrected chi connectivity index (χ1v) is 7.12. The van der Waals surface area contributed by atoms with Gasteiger partial charge >= 0.3 is 0 Å². The van der Waals surface area contributed by atoms with Crippen LogP contribution in [0.4, 0.5) is 0 Å². The molecule has 3 nitrogen and oxygen atoms in total. The summed E-state index contributed by atoms with van der Waals surface area (Å²) in [5.74, 6) is 0.798. The van der Waals surface area contributed by atoms with E-state index in [2.05, 4.69) is 44.0 Å². The summed E-state index contributed by atoms with van der Waals surface area (Å²) >= 11 is 0. The number of aryl methyl sites for hydroxylation is 4. The maximum Gasteiger partial charge on any atom is 0.149 e. The summed E-state index contributed by atoms with van der Waals surface area (Å²) in [6.45, 7) is 8.42. The van der Waals surface area contributed by atoms with Crippen LogP contribution in [0.2, 0.25) is 0 Å². The van der Waals surface area contributed by atoms with Gasteiger partial charge in [-0.2, -0.15) is 0 Å². The molecule has 1 aromatic carbocycles.